The molecule has 5 rings (SSSR count). The Hall–Kier alpha value is -3.24. The van der Waals surface area contributed by atoms with Gasteiger partial charge in [0.25, 0.3) is 0 Å². The van der Waals surface area contributed by atoms with E-state index in [0.29, 0.717) is 39.4 Å². The van der Waals surface area contributed by atoms with Crippen LogP contribution in [0.2, 0.25) is 0 Å². The number of anilines is 1. The van der Waals surface area contributed by atoms with Crippen LogP contribution in [0.15, 0.2) is 43.0 Å². The van der Waals surface area contributed by atoms with Crippen molar-refractivity contribution < 1.29 is 18.3 Å². The minimum atomic E-state index is -4.42. The Morgan fingerprint density at radius 3 is 2.69 bits per heavy atom. The number of nitrogens with two attached hydrogens (primary N) is 1. The minimum Gasteiger partial charge on any atom is -0.391 e. The number of hydrogen-bond acceptors (Lipinski definition) is 6. The number of pyridine rings is 1. The van der Waals surface area contributed by atoms with Gasteiger partial charge in [-0.05, 0) is 25.0 Å². The standard InChI is InChI=1S/C22H21F3N6O/c23-22(24,25)13-5-6-14-15(11-28-17(14)7-13)16-10-27-8-12-9-29-21(30-20(12)16)31(26)18-3-1-2-4-19(18)32/h5-11,18-19,28,32H,1-4,26H2. The van der Waals surface area contributed by atoms with Gasteiger partial charge in [0.05, 0.1) is 23.2 Å². The van der Waals surface area contributed by atoms with E-state index in [-0.39, 0.29) is 12.0 Å². The van der Waals surface area contributed by atoms with Crippen molar-refractivity contribution in [3.63, 3.8) is 0 Å². The molecule has 0 radical (unpaired) electrons. The van der Waals surface area contributed by atoms with Crippen LogP contribution in [0.3, 0.4) is 0 Å². The lowest BCUT2D eigenvalue weighted by Crippen LogP contribution is -2.50. The molecular formula is C22H21F3N6O. The normalized spacial score (nSPS) is 19.5. The average molecular weight is 442 g/mol. The third-order valence-electron chi connectivity index (χ3n) is 6.06. The van der Waals surface area contributed by atoms with Crippen molar-refractivity contribution in [2.75, 3.05) is 5.01 Å². The summed E-state index contributed by atoms with van der Waals surface area (Å²) in [7, 11) is 0. The molecule has 0 spiro atoms. The molecule has 4 N–H and O–H groups in total. The molecule has 3 heterocycles. The van der Waals surface area contributed by atoms with Crippen molar-refractivity contribution in [1.29, 1.82) is 0 Å². The Balaban J connectivity index is 1.60. The zero-order valence-corrected chi connectivity index (χ0v) is 17.0. The maximum atomic E-state index is 13.1. The number of hydrazine groups is 1. The number of benzene rings is 1. The Labute approximate surface area is 181 Å². The maximum absolute atomic E-state index is 13.1. The zero-order valence-electron chi connectivity index (χ0n) is 17.0. The number of nitrogens with zero attached hydrogens (tertiary/aromatic N) is 4. The maximum Gasteiger partial charge on any atom is 0.416 e. The first kappa shape index (κ1) is 20.7. The van der Waals surface area contributed by atoms with Crippen molar-refractivity contribution >= 4 is 27.8 Å². The second kappa shape index (κ2) is 7.72. The number of nitrogens with one attached hydrogen (secondary N) is 1. The number of rotatable bonds is 3. The Morgan fingerprint density at radius 1 is 1.09 bits per heavy atom. The number of alkyl halides is 3. The predicted octanol–water partition coefficient (Wildman–Crippen LogP) is 4.18. The molecule has 1 aliphatic carbocycles. The van der Waals surface area contributed by atoms with Gasteiger partial charge in [0, 0.05) is 52.2 Å². The predicted molar refractivity (Wildman–Crippen MR) is 115 cm³/mol. The van der Waals surface area contributed by atoms with Gasteiger partial charge in [-0.1, -0.05) is 18.9 Å². The first-order valence-electron chi connectivity index (χ1n) is 10.3. The molecule has 166 valence electrons. The lowest BCUT2D eigenvalue weighted by Gasteiger charge is -2.34. The van der Waals surface area contributed by atoms with Gasteiger partial charge in [-0.3, -0.25) is 9.99 Å². The summed E-state index contributed by atoms with van der Waals surface area (Å²) in [6.07, 6.45) is 4.87. The van der Waals surface area contributed by atoms with E-state index in [9.17, 15) is 18.3 Å². The summed E-state index contributed by atoms with van der Waals surface area (Å²) in [4.78, 5) is 16.2. The monoisotopic (exact) mass is 442 g/mol. The van der Waals surface area contributed by atoms with Gasteiger partial charge in [0.1, 0.15) is 0 Å². The first-order valence-corrected chi connectivity index (χ1v) is 10.3. The zero-order chi connectivity index (χ0) is 22.5. The molecule has 3 aromatic heterocycles. The average Bonchev–Trinajstić information content (AvgIpc) is 3.21. The van der Waals surface area contributed by atoms with Crippen molar-refractivity contribution in [2.24, 2.45) is 5.84 Å². The first-order chi connectivity index (χ1) is 15.3. The molecule has 2 unspecified atom stereocenters. The van der Waals surface area contributed by atoms with Crippen molar-refractivity contribution in [2.45, 2.75) is 44.0 Å². The lowest BCUT2D eigenvalue weighted by molar-refractivity contribution is -0.137. The third kappa shape index (κ3) is 3.55. The molecule has 0 amide bonds. The Bertz CT molecular complexity index is 1290. The number of fused-ring (bicyclic) bond motifs is 2. The van der Waals surface area contributed by atoms with E-state index >= 15 is 0 Å². The minimum absolute atomic E-state index is 0.273. The summed E-state index contributed by atoms with van der Waals surface area (Å²) in [5, 5.41) is 13.1. The summed E-state index contributed by atoms with van der Waals surface area (Å²) in [5.74, 6) is 6.56. The number of halogens is 3. The van der Waals surface area contributed by atoms with Gasteiger partial charge < -0.3 is 10.1 Å². The van der Waals surface area contributed by atoms with Gasteiger partial charge >= 0.3 is 6.18 Å². The molecule has 32 heavy (non-hydrogen) atoms. The topological polar surface area (TPSA) is 104 Å². The smallest absolute Gasteiger partial charge is 0.391 e. The summed E-state index contributed by atoms with van der Waals surface area (Å²) in [6.45, 7) is 0. The van der Waals surface area contributed by atoms with Crippen LogP contribution in [0, 0.1) is 0 Å². The molecule has 0 bridgehead atoms. The molecule has 2 atom stereocenters. The van der Waals surface area contributed by atoms with Crippen LogP contribution >= 0.6 is 0 Å². The number of aromatic nitrogens is 4. The van der Waals surface area contributed by atoms with Crippen LogP contribution < -0.4 is 10.9 Å². The van der Waals surface area contributed by atoms with Crippen LogP contribution in [0.25, 0.3) is 32.9 Å². The fourth-order valence-corrected chi connectivity index (χ4v) is 4.36. The van der Waals surface area contributed by atoms with Gasteiger partial charge in [-0.25, -0.2) is 15.8 Å². The fraction of sp³-hybridized carbons (Fsp3) is 0.318. The van der Waals surface area contributed by atoms with Crippen LogP contribution in [-0.2, 0) is 6.18 Å². The van der Waals surface area contributed by atoms with E-state index in [1.54, 1.807) is 24.8 Å². The van der Waals surface area contributed by atoms with E-state index in [2.05, 4.69) is 19.9 Å². The molecule has 1 saturated carbocycles. The van der Waals surface area contributed by atoms with Crippen molar-refractivity contribution in [3.8, 4) is 11.1 Å². The largest absolute Gasteiger partial charge is 0.416 e. The fourth-order valence-electron chi connectivity index (χ4n) is 4.36. The van der Waals surface area contributed by atoms with Crippen LogP contribution in [-0.4, -0.2) is 37.2 Å². The molecule has 1 aliphatic rings. The summed E-state index contributed by atoms with van der Waals surface area (Å²) in [5.41, 5.74) is 1.55. The van der Waals surface area contributed by atoms with E-state index in [1.807, 2.05) is 0 Å². The molecule has 7 nitrogen and oxygen atoms in total. The molecule has 0 aliphatic heterocycles. The number of aliphatic hydroxyl groups excluding tert-OH is 1. The Morgan fingerprint density at radius 2 is 1.91 bits per heavy atom. The van der Waals surface area contributed by atoms with Crippen molar-refractivity contribution in [3.05, 3.63) is 48.5 Å². The molecule has 10 heteroatoms. The van der Waals surface area contributed by atoms with Crippen LogP contribution in [0.1, 0.15) is 31.2 Å². The van der Waals surface area contributed by atoms with E-state index in [1.165, 1.54) is 11.1 Å². The Kier molecular flexibility index (Phi) is 4.98. The van der Waals surface area contributed by atoms with E-state index in [4.69, 9.17) is 5.84 Å². The van der Waals surface area contributed by atoms with E-state index < -0.39 is 17.8 Å². The molecular weight excluding hydrogens is 421 g/mol. The van der Waals surface area contributed by atoms with Crippen molar-refractivity contribution in [1.82, 2.24) is 19.9 Å². The molecule has 4 aromatic rings. The second-order valence-corrected chi connectivity index (χ2v) is 8.08. The highest BCUT2D eigenvalue weighted by molar-refractivity contribution is 6.03. The van der Waals surface area contributed by atoms with Crippen LogP contribution in [0.5, 0.6) is 0 Å². The lowest BCUT2D eigenvalue weighted by atomic mass is 9.92. The highest BCUT2D eigenvalue weighted by Crippen LogP contribution is 2.36. The van der Waals surface area contributed by atoms with Gasteiger partial charge in [-0.15, -0.1) is 0 Å². The summed E-state index contributed by atoms with van der Waals surface area (Å²) >= 11 is 0. The highest BCUT2D eigenvalue weighted by Gasteiger charge is 2.31. The molecule has 0 saturated heterocycles. The number of aliphatic hydroxyl groups is 1. The number of hydrogen-bond donors (Lipinski definition) is 3. The van der Waals surface area contributed by atoms with Gasteiger partial charge in [-0.2, -0.15) is 13.2 Å². The van der Waals surface area contributed by atoms with Gasteiger partial charge in [0.15, 0.2) is 0 Å². The SMILES string of the molecule is NN(c1ncc2cncc(-c3c[nH]c4cc(C(F)(F)F)ccc34)c2n1)C1CCCCC1O. The van der Waals surface area contributed by atoms with E-state index in [0.717, 1.165) is 31.4 Å². The number of aromatic amines is 1. The van der Waals surface area contributed by atoms with Gasteiger partial charge in [0.2, 0.25) is 5.95 Å². The second-order valence-electron chi connectivity index (χ2n) is 8.08. The third-order valence-corrected chi connectivity index (χ3v) is 6.06. The summed E-state index contributed by atoms with van der Waals surface area (Å²) < 4.78 is 39.2. The van der Waals surface area contributed by atoms with Crippen LogP contribution in [0.4, 0.5) is 19.1 Å². The number of H-pyrrole nitrogens is 1. The molecule has 1 aromatic carbocycles. The highest BCUT2D eigenvalue weighted by atomic mass is 19.4. The quantitative estimate of drug-likeness (QED) is 0.325. The molecule has 1 fully saturated rings. The summed E-state index contributed by atoms with van der Waals surface area (Å²) in [6, 6.07) is 3.31.